The minimum atomic E-state index is -0.155. The molecule has 36 heavy (non-hydrogen) atoms. The largest absolute Gasteiger partial charge is 0.459 e. The minimum absolute atomic E-state index is 0.0635. The Morgan fingerprint density at radius 2 is 1.78 bits per heavy atom. The van der Waals surface area contributed by atoms with E-state index in [-0.39, 0.29) is 17.5 Å². The predicted octanol–water partition coefficient (Wildman–Crippen LogP) is 9.32. The van der Waals surface area contributed by atoms with Gasteiger partial charge >= 0.3 is 5.97 Å². The van der Waals surface area contributed by atoms with Crippen LogP contribution in [0, 0.1) is 34.5 Å². The van der Waals surface area contributed by atoms with E-state index in [1.807, 2.05) is 30.3 Å². The van der Waals surface area contributed by atoms with E-state index in [9.17, 15) is 4.79 Å². The number of hydrogen-bond acceptors (Lipinski definition) is 2. The van der Waals surface area contributed by atoms with Gasteiger partial charge in [-0.25, -0.2) is 4.79 Å². The lowest BCUT2D eigenvalue weighted by Gasteiger charge is -2.54. The Balaban J connectivity index is 1.27. The second kappa shape index (κ2) is 10.1. The number of ether oxygens (including phenoxy) is 1. The van der Waals surface area contributed by atoms with Crippen molar-refractivity contribution in [3.05, 3.63) is 58.7 Å². The summed E-state index contributed by atoms with van der Waals surface area (Å²) in [5.41, 5.74) is 6.60. The van der Waals surface area contributed by atoms with Gasteiger partial charge < -0.3 is 4.74 Å². The van der Waals surface area contributed by atoms with Gasteiger partial charge in [-0.3, -0.25) is 0 Å². The lowest BCUT2D eigenvalue weighted by molar-refractivity contribution is -0.0124. The van der Waals surface area contributed by atoms with Crippen LogP contribution in [0.4, 0.5) is 0 Å². The van der Waals surface area contributed by atoms with Gasteiger partial charge in [-0.05, 0) is 109 Å². The first-order chi connectivity index (χ1) is 17.2. The standard InChI is InChI=1S/C34H48O2/c1-23(2)10-9-11-24(3)29-16-17-30-28-15-14-26-22-27(36-32(35)25-12-7-6-8-13-25)18-20-33(26,4)31(28)19-21-34(29,30)5/h6-8,12-13,17,23-24,26-27,29H,9-11,14-16,18-22H2,1-5H3/t24-,26?,27?,29-,33+,34-/m1/s1. The van der Waals surface area contributed by atoms with Gasteiger partial charge in [0.05, 0.1) is 5.56 Å². The van der Waals surface area contributed by atoms with Crippen LogP contribution in [0.25, 0.3) is 0 Å². The summed E-state index contributed by atoms with van der Waals surface area (Å²) >= 11 is 0. The third-order valence-electron chi connectivity index (χ3n) is 10.9. The van der Waals surface area contributed by atoms with Gasteiger partial charge in [-0.1, -0.05) is 83.7 Å². The number of carbonyl (C=O) groups is 1. The van der Waals surface area contributed by atoms with E-state index in [1.54, 1.807) is 16.7 Å². The number of fused-ring (bicyclic) bond motifs is 4. The average Bonchev–Trinajstić information content (AvgIpc) is 3.22. The molecule has 5 rings (SSSR count). The molecule has 2 unspecified atom stereocenters. The lowest BCUT2D eigenvalue weighted by atomic mass is 9.51. The van der Waals surface area contributed by atoms with Crippen LogP contribution in [-0.4, -0.2) is 12.1 Å². The van der Waals surface area contributed by atoms with Crippen molar-refractivity contribution < 1.29 is 9.53 Å². The molecule has 1 aromatic rings. The molecule has 1 saturated carbocycles. The predicted molar refractivity (Wildman–Crippen MR) is 149 cm³/mol. The van der Waals surface area contributed by atoms with Gasteiger partial charge in [0.1, 0.15) is 6.10 Å². The average molecular weight is 489 g/mol. The van der Waals surface area contributed by atoms with E-state index < -0.39 is 0 Å². The number of carbonyl (C=O) groups excluding carboxylic acids is 1. The van der Waals surface area contributed by atoms with Gasteiger partial charge in [-0.15, -0.1) is 0 Å². The van der Waals surface area contributed by atoms with Crippen molar-refractivity contribution in [2.45, 2.75) is 111 Å². The fourth-order valence-electron chi connectivity index (χ4n) is 8.66. The zero-order chi connectivity index (χ0) is 25.5. The lowest BCUT2D eigenvalue weighted by Crippen LogP contribution is -2.44. The first kappa shape index (κ1) is 25.8. The van der Waals surface area contributed by atoms with Crippen molar-refractivity contribution in [2.75, 3.05) is 0 Å². The van der Waals surface area contributed by atoms with Crippen LogP contribution in [0.3, 0.4) is 0 Å². The summed E-state index contributed by atoms with van der Waals surface area (Å²) in [6, 6.07) is 9.49. The fourth-order valence-corrected chi connectivity index (χ4v) is 8.66. The van der Waals surface area contributed by atoms with E-state index in [0.29, 0.717) is 16.9 Å². The second-order valence-electron chi connectivity index (χ2n) is 13.5. The van der Waals surface area contributed by atoms with Crippen LogP contribution < -0.4 is 0 Å². The molecule has 196 valence electrons. The first-order valence-electron chi connectivity index (χ1n) is 14.9. The molecule has 0 spiro atoms. The van der Waals surface area contributed by atoms with Crippen molar-refractivity contribution in [1.29, 1.82) is 0 Å². The highest BCUT2D eigenvalue weighted by molar-refractivity contribution is 5.89. The Morgan fingerprint density at radius 3 is 2.53 bits per heavy atom. The molecule has 0 saturated heterocycles. The third-order valence-corrected chi connectivity index (χ3v) is 10.9. The van der Waals surface area contributed by atoms with Crippen LogP contribution in [0.15, 0.2) is 53.1 Å². The van der Waals surface area contributed by atoms with Crippen molar-refractivity contribution in [3.8, 4) is 0 Å². The summed E-state index contributed by atoms with van der Waals surface area (Å²) in [7, 11) is 0. The Hall–Kier alpha value is -1.83. The topological polar surface area (TPSA) is 26.3 Å². The summed E-state index contributed by atoms with van der Waals surface area (Å²) in [5, 5.41) is 0. The summed E-state index contributed by atoms with van der Waals surface area (Å²) in [4.78, 5) is 12.7. The quantitative estimate of drug-likeness (QED) is 0.357. The maximum Gasteiger partial charge on any atom is 0.338 e. The van der Waals surface area contributed by atoms with Crippen LogP contribution >= 0.6 is 0 Å². The Morgan fingerprint density at radius 1 is 1.00 bits per heavy atom. The molecule has 0 aromatic heterocycles. The Kier molecular flexibility index (Phi) is 7.27. The molecule has 1 fully saturated rings. The van der Waals surface area contributed by atoms with E-state index in [0.717, 1.165) is 37.0 Å². The van der Waals surface area contributed by atoms with Crippen molar-refractivity contribution >= 4 is 5.97 Å². The van der Waals surface area contributed by atoms with Crippen LogP contribution in [0.2, 0.25) is 0 Å². The van der Waals surface area contributed by atoms with E-state index in [1.165, 1.54) is 51.4 Å². The molecule has 2 nitrogen and oxygen atoms in total. The molecule has 0 N–H and O–H groups in total. The number of esters is 1. The summed E-state index contributed by atoms with van der Waals surface area (Å²) in [6.45, 7) is 12.4. The molecule has 1 aromatic carbocycles. The zero-order valence-electron chi connectivity index (χ0n) is 23.4. The monoisotopic (exact) mass is 488 g/mol. The smallest absolute Gasteiger partial charge is 0.338 e. The summed E-state index contributed by atoms with van der Waals surface area (Å²) in [5.74, 6) is 2.92. The van der Waals surface area contributed by atoms with Gasteiger partial charge in [-0.2, -0.15) is 0 Å². The number of benzene rings is 1. The number of allylic oxidation sites excluding steroid dienone is 4. The fraction of sp³-hybridized carbons (Fsp3) is 0.676. The molecule has 4 aliphatic rings. The van der Waals surface area contributed by atoms with Gasteiger partial charge in [0.2, 0.25) is 0 Å². The van der Waals surface area contributed by atoms with Gasteiger partial charge in [0.25, 0.3) is 0 Å². The van der Waals surface area contributed by atoms with Crippen molar-refractivity contribution in [3.63, 3.8) is 0 Å². The van der Waals surface area contributed by atoms with Crippen LogP contribution in [0.1, 0.15) is 116 Å². The molecule has 0 bridgehead atoms. The SMILES string of the molecule is CC(C)CCC[C@@H](C)[C@H]1CC=C2C3=C(CC[C@@]21C)[C@@]1(C)CCC(OC(=O)c2ccccc2)CC1CC3. The maximum absolute atomic E-state index is 12.7. The molecule has 2 heteroatoms. The highest BCUT2D eigenvalue weighted by Gasteiger charge is 2.53. The number of rotatable bonds is 7. The maximum atomic E-state index is 12.7. The molecule has 4 aliphatic carbocycles. The molecule has 0 heterocycles. The zero-order valence-corrected chi connectivity index (χ0v) is 23.4. The third kappa shape index (κ3) is 4.63. The first-order valence-corrected chi connectivity index (χ1v) is 14.9. The van der Waals surface area contributed by atoms with Crippen LogP contribution in [-0.2, 0) is 4.74 Å². The van der Waals surface area contributed by atoms with E-state index >= 15 is 0 Å². The van der Waals surface area contributed by atoms with Crippen molar-refractivity contribution in [1.82, 2.24) is 0 Å². The Labute approximate surface area is 220 Å². The minimum Gasteiger partial charge on any atom is -0.459 e. The molecular weight excluding hydrogens is 440 g/mol. The molecule has 6 atom stereocenters. The summed E-state index contributed by atoms with van der Waals surface area (Å²) in [6.07, 6.45) is 16.4. The van der Waals surface area contributed by atoms with Crippen molar-refractivity contribution in [2.24, 2.45) is 34.5 Å². The molecular formula is C34H48O2. The number of hydrogen-bond donors (Lipinski definition) is 0. The van der Waals surface area contributed by atoms with E-state index in [4.69, 9.17) is 4.74 Å². The second-order valence-corrected chi connectivity index (χ2v) is 13.5. The normalized spacial score (nSPS) is 34.5. The summed E-state index contributed by atoms with van der Waals surface area (Å²) < 4.78 is 6.01. The van der Waals surface area contributed by atoms with E-state index in [2.05, 4.69) is 40.7 Å². The Bertz CT molecular complexity index is 1020. The molecule has 0 radical (unpaired) electrons. The van der Waals surface area contributed by atoms with Gasteiger partial charge in [0, 0.05) is 0 Å². The highest BCUT2D eigenvalue weighted by Crippen LogP contribution is 2.64. The van der Waals surface area contributed by atoms with Gasteiger partial charge in [0.15, 0.2) is 0 Å². The molecule has 0 aliphatic heterocycles. The van der Waals surface area contributed by atoms with Crippen LogP contribution in [0.5, 0.6) is 0 Å². The molecule has 0 amide bonds. The highest BCUT2D eigenvalue weighted by atomic mass is 16.5.